The highest BCUT2D eigenvalue weighted by Gasteiger charge is 2.35. The molecule has 3 fully saturated rings. The summed E-state index contributed by atoms with van der Waals surface area (Å²) in [5.41, 5.74) is 1.97. The van der Waals surface area contributed by atoms with Crippen LogP contribution in [0.3, 0.4) is 0 Å². The van der Waals surface area contributed by atoms with E-state index in [2.05, 4.69) is 25.8 Å². The highest BCUT2D eigenvalue weighted by molar-refractivity contribution is 6.08. The molecule has 15 nitrogen and oxygen atoms in total. The average molecular weight is 764 g/mol. The Morgan fingerprint density at radius 2 is 1.84 bits per heavy atom. The minimum absolute atomic E-state index is 0.0332. The third-order valence-corrected chi connectivity index (χ3v) is 10.8. The van der Waals surface area contributed by atoms with Crippen molar-refractivity contribution in [2.45, 2.75) is 82.1 Å². The fourth-order valence-electron chi connectivity index (χ4n) is 7.97. The molecular weight excluding hydrogens is 719 g/mol. The fourth-order valence-corrected chi connectivity index (χ4v) is 7.97. The molecule has 3 unspecified atom stereocenters. The second-order valence-corrected chi connectivity index (χ2v) is 14.5. The summed E-state index contributed by atoms with van der Waals surface area (Å²) in [4.78, 5) is 57.5. The normalized spacial score (nSPS) is 20.9. The zero-order valence-corrected chi connectivity index (χ0v) is 30.9. The molecule has 5 aromatic rings. The van der Waals surface area contributed by atoms with Gasteiger partial charge in [-0.15, -0.1) is 0 Å². The summed E-state index contributed by atoms with van der Waals surface area (Å²) < 4.78 is 47.6. The van der Waals surface area contributed by atoms with Gasteiger partial charge in [-0.2, -0.15) is 10.2 Å². The van der Waals surface area contributed by atoms with E-state index < -0.39 is 36.1 Å². The third kappa shape index (κ3) is 7.46. The summed E-state index contributed by atoms with van der Waals surface area (Å²) in [7, 11) is 5.44. The Hall–Kier alpha value is -5.52. The molecule has 18 heteroatoms. The van der Waals surface area contributed by atoms with E-state index in [0.29, 0.717) is 29.6 Å². The minimum Gasteiger partial charge on any atom is -0.367 e. The smallest absolute Gasteiger partial charge is 0.329 e. The van der Waals surface area contributed by atoms with Gasteiger partial charge in [-0.3, -0.25) is 33.5 Å². The number of imide groups is 1. The quantitative estimate of drug-likeness (QED) is 0.229. The van der Waals surface area contributed by atoms with E-state index in [-0.39, 0.29) is 54.3 Å². The number of alkyl halides is 3. The van der Waals surface area contributed by atoms with Gasteiger partial charge in [0, 0.05) is 44.6 Å². The molecule has 3 aliphatic rings. The van der Waals surface area contributed by atoms with E-state index in [9.17, 15) is 32.3 Å². The molecule has 6 heterocycles. The number of nitrogens with one attached hydrogen (secondary N) is 2. The molecule has 1 saturated carbocycles. The number of hydrogen-bond donors (Lipinski definition) is 2. The number of rotatable bonds is 7. The Kier molecular flexibility index (Phi) is 10.8. The Morgan fingerprint density at radius 1 is 1.05 bits per heavy atom. The van der Waals surface area contributed by atoms with E-state index in [4.69, 9.17) is 0 Å². The number of aromatic nitrogens is 7. The zero-order chi connectivity index (χ0) is 39.0. The van der Waals surface area contributed by atoms with Crippen LogP contribution in [0.1, 0.15) is 85.9 Å². The van der Waals surface area contributed by atoms with E-state index in [1.807, 2.05) is 36.0 Å². The molecule has 1 aromatic carbocycles. The first-order chi connectivity index (χ1) is 26.4. The largest absolute Gasteiger partial charge is 0.367 e. The van der Waals surface area contributed by atoms with Crippen LogP contribution < -0.4 is 21.2 Å². The molecule has 3 amide bonds. The van der Waals surface area contributed by atoms with Crippen LogP contribution in [0.15, 0.2) is 53.8 Å². The number of hydrogen-bond acceptors (Lipinski definition) is 9. The van der Waals surface area contributed by atoms with Gasteiger partial charge in [0.2, 0.25) is 11.8 Å². The van der Waals surface area contributed by atoms with Gasteiger partial charge in [0.1, 0.15) is 17.8 Å². The van der Waals surface area contributed by atoms with Crippen molar-refractivity contribution in [3.05, 3.63) is 70.8 Å². The third-order valence-electron chi connectivity index (χ3n) is 10.8. The lowest BCUT2D eigenvalue weighted by molar-refractivity contribution is -0.135. The number of para-hydroxylation sites is 1. The molecule has 2 N–H and O–H groups in total. The van der Waals surface area contributed by atoms with Gasteiger partial charge in [0.15, 0.2) is 11.3 Å². The van der Waals surface area contributed by atoms with Gasteiger partial charge in [0.05, 0.1) is 41.2 Å². The summed E-state index contributed by atoms with van der Waals surface area (Å²) in [5.74, 6) is -1.32. The number of aryl methyl sites for hydroxylation is 1. The van der Waals surface area contributed by atoms with E-state index >= 15 is 0 Å². The molecular formula is C37H44F3N11O4. The fraction of sp³-hybridized carbons (Fsp3) is 0.486. The maximum Gasteiger partial charge on any atom is 0.329 e. The predicted molar refractivity (Wildman–Crippen MR) is 198 cm³/mol. The molecule has 0 spiro atoms. The summed E-state index contributed by atoms with van der Waals surface area (Å²) in [6.45, 7) is 0.930. The number of amides is 3. The number of piperidine rings is 2. The molecule has 1 aliphatic carbocycles. The van der Waals surface area contributed by atoms with E-state index in [1.165, 1.54) is 26.0 Å². The number of benzene rings is 1. The van der Waals surface area contributed by atoms with Crippen molar-refractivity contribution in [3.8, 4) is 0 Å². The Labute approximate surface area is 314 Å². The van der Waals surface area contributed by atoms with Crippen LogP contribution in [-0.4, -0.2) is 95.5 Å². The van der Waals surface area contributed by atoms with Crippen molar-refractivity contribution in [3.63, 3.8) is 0 Å². The second-order valence-electron chi connectivity index (χ2n) is 14.5. The Balaban J connectivity index is 0.000000170. The van der Waals surface area contributed by atoms with E-state index in [1.54, 1.807) is 36.3 Å². The molecule has 4 aromatic heterocycles. The molecule has 2 saturated heterocycles. The first kappa shape index (κ1) is 37.8. The maximum atomic E-state index is 14.8. The van der Waals surface area contributed by atoms with Gasteiger partial charge in [0.25, 0.3) is 12.3 Å². The van der Waals surface area contributed by atoms with Crippen LogP contribution in [0, 0.1) is 0 Å². The Bertz CT molecular complexity index is 2270. The van der Waals surface area contributed by atoms with Crippen molar-refractivity contribution in [1.82, 2.24) is 43.7 Å². The molecule has 0 radical (unpaired) electrons. The number of carbonyl (C=O) groups is 3. The molecule has 3 atom stereocenters. The van der Waals surface area contributed by atoms with E-state index in [0.717, 1.165) is 37.8 Å². The van der Waals surface area contributed by atoms with Crippen LogP contribution in [0.5, 0.6) is 0 Å². The topological polar surface area (TPSA) is 157 Å². The van der Waals surface area contributed by atoms with Crippen molar-refractivity contribution in [2.75, 3.05) is 37.4 Å². The molecule has 0 bridgehead atoms. The van der Waals surface area contributed by atoms with Crippen LogP contribution in [0.25, 0.3) is 16.7 Å². The first-order valence-electron chi connectivity index (χ1n) is 18.5. The Morgan fingerprint density at radius 3 is 2.55 bits per heavy atom. The van der Waals surface area contributed by atoms with Gasteiger partial charge in [-0.25, -0.2) is 27.5 Å². The van der Waals surface area contributed by atoms with Crippen LogP contribution in [0.2, 0.25) is 0 Å². The first-order valence-corrected chi connectivity index (χ1v) is 18.5. The lowest BCUT2D eigenvalue weighted by Gasteiger charge is -2.39. The molecule has 8 rings (SSSR count). The van der Waals surface area contributed by atoms with Crippen molar-refractivity contribution in [2.24, 2.45) is 7.05 Å². The predicted octanol–water partition coefficient (Wildman–Crippen LogP) is 4.42. The average Bonchev–Trinajstić information content (AvgIpc) is 3.87. The highest BCUT2D eigenvalue weighted by Crippen LogP contribution is 2.34. The standard InChI is InChI=1S/C20H26FN5O3.C17H18F2N6O/c1-23(2)13-9-10-25(11-12(13)21)14-5-4-6-15-18(14)24(3)20(29)26(15)16-7-8-17(27)22-19(16)28;18-15(19)14-13(10-25(23-14)11-5-2-1-3-6-11)22-17(26)12-9-21-24-8-4-7-20-16(12)24/h4-6,12-13,16H,7-11H2,1-3H3,(H,22,27,28);4,7-11,15H,1-3,5-6H2,(H,22,26). The highest BCUT2D eigenvalue weighted by atomic mass is 19.3. The second kappa shape index (κ2) is 15.7. The van der Waals surface area contributed by atoms with Crippen molar-refractivity contribution in [1.29, 1.82) is 0 Å². The number of anilines is 2. The van der Waals surface area contributed by atoms with Gasteiger partial charge < -0.3 is 15.1 Å². The lowest BCUT2D eigenvalue weighted by Crippen LogP contribution is -2.50. The summed E-state index contributed by atoms with van der Waals surface area (Å²) in [5, 5.41) is 13.0. The van der Waals surface area contributed by atoms with Gasteiger partial charge in [-0.05, 0) is 58.0 Å². The lowest BCUT2D eigenvalue weighted by atomic mass is 9.96. The van der Waals surface area contributed by atoms with Crippen LogP contribution in [-0.2, 0) is 16.6 Å². The maximum absolute atomic E-state index is 14.8. The summed E-state index contributed by atoms with van der Waals surface area (Å²) >= 11 is 0. The van der Waals surface area contributed by atoms with Crippen LogP contribution in [0.4, 0.5) is 24.5 Å². The van der Waals surface area contributed by atoms with Crippen molar-refractivity contribution < 1.29 is 27.6 Å². The minimum atomic E-state index is -2.77. The number of imidazole rings is 1. The molecule has 2 aliphatic heterocycles. The number of nitrogens with zero attached hydrogens (tertiary/aromatic N) is 9. The van der Waals surface area contributed by atoms with Gasteiger partial charge >= 0.3 is 5.69 Å². The number of fused-ring (bicyclic) bond motifs is 2. The van der Waals surface area contributed by atoms with Crippen molar-refractivity contribution >= 4 is 45.8 Å². The summed E-state index contributed by atoms with van der Waals surface area (Å²) in [6, 6.07) is 6.44. The monoisotopic (exact) mass is 763 g/mol. The van der Waals surface area contributed by atoms with Crippen LogP contribution >= 0.6 is 0 Å². The molecule has 292 valence electrons. The number of carbonyl (C=O) groups excluding carboxylic acids is 3. The number of halogens is 3. The SMILES string of the molecule is CN(C)C1CCN(c2cccc3c2n(C)c(=O)n3C2CCC(=O)NC2=O)CC1F.O=C(Nc1cn(C2CCCCC2)nc1C(F)F)c1cnn2cccnc12. The zero-order valence-electron chi connectivity index (χ0n) is 30.9. The van der Waals surface area contributed by atoms with Gasteiger partial charge in [-0.1, -0.05) is 25.3 Å². The summed E-state index contributed by atoms with van der Waals surface area (Å²) in [6.07, 6.45) is 8.58. The molecule has 55 heavy (non-hydrogen) atoms.